The number of benzene rings is 2. The number of hydrogen-bond acceptors (Lipinski definition) is 4. The number of ether oxygens (including phenoxy) is 2. The van der Waals surface area contributed by atoms with Crippen LogP contribution in [0.3, 0.4) is 0 Å². The Morgan fingerprint density at radius 1 is 1.05 bits per heavy atom. The third kappa shape index (κ3) is 3.23. The maximum Gasteiger partial charge on any atom is 0.175 e. The van der Waals surface area contributed by atoms with Crippen molar-refractivity contribution in [2.75, 3.05) is 14.2 Å². The van der Waals surface area contributed by atoms with Crippen LogP contribution in [0, 0.1) is 0 Å². The van der Waals surface area contributed by atoms with E-state index in [0.29, 0.717) is 22.2 Å². The highest BCUT2D eigenvalue weighted by Crippen LogP contribution is 2.42. The van der Waals surface area contributed by atoms with Gasteiger partial charge in [0.2, 0.25) is 0 Å². The highest BCUT2D eigenvalue weighted by atomic mass is 35.5. The standard InChI is InChI=1S/C14H13ClN2O2S/c1-18-12-8-14(13(19-2)7-11(12)17-16)20-10-5-3-9(15)4-6-10/h3-8,16H,1-2H3/p+1. The summed E-state index contributed by atoms with van der Waals surface area (Å²) < 4.78 is 10.6. The Bertz CT molecular complexity index is 617. The van der Waals surface area contributed by atoms with E-state index in [1.807, 2.05) is 30.3 Å². The summed E-state index contributed by atoms with van der Waals surface area (Å²) in [6, 6.07) is 11.2. The fourth-order valence-corrected chi connectivity index (χ4v) is 2.72. The largest absolute Gasteiger partial charge is 0.495 e. The minimum atomic E-state index is 0.546. The van der Waals surface area contributed by atoms with Crippen LogP contribution in [0.15, 0.2) is 51.3 Å². The minimum Gasteiger partial charge on any atom is -0.495 e. The quantitative estimate of drug-likeness (QED) is 0.862. The third-order valence-electron chi connectivity index (χ3n) is 2.65. The number of methoxy groups -OCH3 is 2. The Kier molecular flexibility index (Phi) is 4.87. The summed E-state index contributed by atoms with van der Waals surface area (Å²) >= 11 is 7.43. The molecule has 0 saturated carbocycles. The Balaban J connectivity index is 2.39. The molecule has 0 radical (unpaired) electrons. The molecule has 2 aromatic carbocycles. The molecule has 0 aliphatic heterocycles. The molecular weight excluding hydrogens is 296 g/mol. The number of nitrogens with two attached hydrogens (primary N) is 1. The van der Waals surface area contributed by atoms with Gasteiger partial charge in [-0.2, -0.15) is 5.53 Å². The lowest BCUT2D eigenvalue weighted by Gasteiger charge is -2.11. The lowest BCUT2D eigenvalue weighted by Crippen LogP contribution is -2.22. The molecule has 20 heavy (non-hydrogen) atoms. The summed E-state index contributed by atoms with van der Waals surface area (Å²) in [6.45, 7) is 0. The Hall–Kier alpha value is -1.72. The average Bonchev–Trinajstić information content (AvgIpc) is 2.49. The predicted molar refractivity (Wildman–Crippen MR) is 79.1 cm³/mol. The van der Waals surface area contributed by atoms with Gasteiger partial charge in [-0.05, 0) is 29.4 Å². The number of rotatable bonds is 5. The van der Waals surface area contributed by atoms with E-state index in [0.717, 1.165) is 9.79 Å². The van der Waals surface area contributed by atoms with E-state index in [1.54, 1.807) is 32.0 Å². The fourth-order valence-electron chi connectivity index (χ4n) is 1.66. The summed E-state index contributed by atoms with van der Waals surface area (Å²) in [6.07, 6.45) is 0. The van der Waals surface area contributed by atoms with Crippen molar-refractivity contribution in [2.24, 2.45) is 5.11 Å². The maximum absolute atomic E-state index is 5.88. The third-order valence-corrected chi connectivity index (χ3v) is 3.94. The number of hydrogen-bond donors (Lipinski definition) is 1. The van der Waals surface area contributed by atoms with E-state index in [1.165, 1.54) is 0 Å². The zero-order chi connectivity index (χ0) is 14.5. The van der Waals surface area contributed by atoms with Gasteiger partial charge in [-0.3, -0.25) is 0 Å². The molecule has 0 heterocycles. The highest BCUT2D eigenvalue weighted by molar-refractivity contribution is 7.99. The molecule has 0 amide bonds. The van der Waals surface area contributed by atoms with Gasteiger partial charge < -0.3 is 9.47 Å². The zero-order valence-electron chi connectivity index (χ0n) is 11.1. The van der Waals surface area contributed by atoms with Crippen LogP contribution in [-0.4, -0.2) is 14.2 Å². The molecule has 0 bridgehead atoms. The smallest absolute Gasteiger partial charge is 0.175 e. The number of halogens is 1. The first kappa shape index (κ1) is 14.7. The van der Waals surface area contributed by atoms with Crippen LogP contribution in [0.5, 0.6) is 11.5 Å². The first-order valence-corrected chi connectivity index (χ1v) is 6.97. The van der Waals surface area contributed by atoms with E-state index in [-0.39, 0.29) is 0 Å². The van der Waals surface area contributed by atoms with Gasteiger partial charge >= 0.3 is 0 Å². The minimum absolute atomic E-state index is 0.546. The fraction of sp³-hybridized carbons (Fsp3) is 0.143. The van der Waals surface area contributed by atoms with Gasteiger partial charge in [-0.15, -0.1) is 0 Å². The molecule has 0 atom stereocenters. The summed E-state index contributed by atoms with van der Waals surface area (Å²) in [5, 5.41) is 4.38. The van der Waals surface area contributed by atoms with Crippen molar-refractivity contribution in [1.82, 2.24) is 0 Å². The SMILES string of the molecule is COc1cc(Sc2ccc(Cl)cc2)c(OC)cc1N=[NH2+]. The van der Waals surface area contributed by atoms with Crippen LogP contribution >= 0.6 is 23.4 Å². The van der Waals surface area contributed by atoms with Crippen LogP contribution in [0.2, 0.25) is 5.02 Å². The second kappa shape index (κ2) is 6.63. The van der Waals surface area contributed by atoms with Crippen LogP contribution in [0.1, 0.15) is 0 Å². The molecule has 0 aliphatic rings. The Morgan fingerprint density at radius 2 is 1.70 bits per heavy atom. The van der Waals surface area contributed by atoms with Crippen LogP contribution < -0.4 is 15.0 Å². The van der Waals surface area contributed by atoms with Gasteiger partial charge in [0, 0.05) is 22.1 Å². The molecule has 104 valence electrons. The molecule has 2 N–H and O–H groups in total. The lowest BCUT2D eigenvalue weighted by molar-refractivity contribution is -0.210. The second-order valence-corrected chi connectivity index (χ2v) is 5.41. The topological polar surface area (TPSA) is 56.4 Å². The average molecular weight is 310 g/mol. The van der Waals surface area contributed by atoms with Crippen molar-refractivity contribution in [3.8, 4) is 11.5 Å². The number of nitrogens with zero attached hydrogens (tertiary/aromatic N) is 1. The highest BCUT2D eigenvalue weighted by Gasteiger charge is 2.13. The first-order valence-electron chi connectivity index (χ1n) is 5.78. The molecule has 0 saturated heterocycles. The molecule has 0 unspecified atom stereocenters. The van der Waals surface area contributed by atoms with Crippen LogP contribution in [0.4, 0.5) is 5.69 Å². The van der Waals surface area contributed by atoms with Crippen LogP contribution in [0.25, 0.3) is 0 Å². The van der Waals surface area contributed by atoms with Crippen molar-refractivity contribution in [1.29, 1.82) is 0 Å². The summed E-state index contributed by atoms with van der Waals surface area (Å²) in [4.78, 5) is 1.96. The summed E-state index contributed by atoms with van der Waals surface area (Å²) in [7, 11) is 3.18. The molecule has 6 heteroatoms. The molecule has 0 fully saturated rings. The second-order valence-electron chi connectivity index (χ2n) is 3.86. The van der Waals surface area contributed by atoms with E-state index in [9.17, 15) is 0 Å². The lowest BCUT2D eigenvalue weighted by atomic mass is 10.3. The molecule has 0 spiro atoms. The predicted octanol–water partition coefficient (Wildman–Crippen LogP) is 3.35. The first-order chi connectivity index (χ1) is 9.67. The van der Waals surface area contributed by atoms with Gasteiger partial charge in [0.15, 0.2) is 11.4 Å². The van der Waals surface area contributed by atoms with E-state index in [2.05, 4.69) is 5.11 Å². The maximum atomic E-state index is 5.88. The van der Waals surface area contributed by atoms with Crippen molar-refractivity contribution >= 4 is 29.1 Å². The van der Waals surface area contributed by atoms with Gasteiger partial charge in [0.25, 0.3) is 0 Å². The van der Waals surface area contributed by atoms with Crippen molar-refractivity contribution in [3.63, 3.8) is 0 Å². The zero-order valence-corrected chi connectivity index (χ0v) is 12.7. The molecular formula is C14H14ClN2O2S+. The molecule has 0 aromatic heterocycles. The van der Waals surface area contributed by atoms with Gasteiger partial charge in [-0.1, -0.05) is 23.4 Å². The van der Waals surface area contributed by atoms with Crippen molar-refractivity contribution in [3.05, 3.63) is 41.4 Å². The normalized spacial score (nSPS) is 10.2. The van der Waals surface area contributed by atoms with Gasteiger partial charge in [-0.25, -0.2) is 0 Å². The Labute approximate surface area is 126 Å². The van der Waals surface area contributed by atoms with Gasteiger partial charge in [0.1, 0.15) is 5.75 Å². The van der Waals surface area contributed by atoms with E-state index < -0.39 is 0 Å². The van der Waals surface area contributed by atoms with E-state index >= 15 is 0 Å². The monoisotopic (exact) mass is 309 g/mol. The molecule has 4 nitrogen and oxygen atoms in total. The molecule has 2 rings (SSSR count). The van der Waals surface area contributed by atoms with Gasteiger partial charge in [0.05, 0.1) is 19.1 Å². The van der Waals surface area contributed by atoms with Crippen LogP contribution in [-0.2, 0) is 0 Å². The molecule has 0 aliphatic carbocycles. The van der Waals surface area contributed by atoms with E-state index in [4.69, 9.17) is 26.6 Å². The van der Waals surface area contributed by atoms with Crippen molar-refractivity contribution in [2.45, 2.75) is 9.79 Å². The van der Waals surface area contributed by atoms with Crippen molar-refractivity contribution < 1.29 is 15.0 Å². The Morgan fingerprint density at radius 3 is 2.25 bits per heavy atom. The summed E-state index contributed by atoms with van der Waals surface area (Å²) in [5.74, 6) is 1.29. The summed E-state index contributed by atoms with van der Waals surface area (Å²) in [5.41, 5.74) is 5.88. The molecule has 2 aromatic rings.